The molecule has 0 radical (unpaired) electrons. The Morgan fingerprint density at radius 2 is 1.73 bits per heavy atom. The van der Waals surface area contributed by atoms with Gasteiger partial charge < -0.3 is 10.6 Å². The van der Waals surface area contributed by atoms with E-state index in [1.54, 1.807) is 0 Å². The van der Waals surface area contributed by atoms with Crippen LogP contribution in [0.15, 0.2) is 12.1 Å². The fourth-order valence-corrected chi connectivity index (χ4v) is 2.04. The summed E-state index contributed by atoms with van der Waals surface area (Å²) in [6, 6.07) is 2.06. The molecule has 2 N–H and O–H groups in total. The molecule has 1 aromatic rings. The summed E-state index contributed by atoms with van der Waals surface area (Å²) in [5, 5.41) is 0. The Hall–Kier alpha value is -1.32. The summed E-state index contributed by atoms with van der Waals surface area (Å²) >= 11 is 0. The van der Waals surface area contributed by atoms with Crippen LogP contribution >= 0.6 is 0 Å². The van der Waals surface area contributed by atoms with E-state index in [1.807, 2.05) is 4.90 Å². The van der Waals surface area contributed by atoms with Crippen LogP contribution in [0.4, 0.5) is 20.2 Å². The van der Waals surface area contributed by atoms with Gasteiger partial charge in [-0.25, -0.2) is 8.78 Å². The highest BCUT2D eigenvalue weighted by molar-refractivity contribution is 5.68. The first-order valence-electron chi connectivity index (χ1n) is 5.18. The van der Waals surface area contributed by atoms with E-state index < -0.39 is 11.6 Å². The third kappa shape index (κ3) is 2.03. The molecule has 1 heterocycles. The van der Waals surface area contributed by atoms with Crippen molar-refractivity contribution in [2.45, 2.75) is 19.3 Å². The summed E-state index contributed by atoms with van der Waals surface area (Å²) in [5.74, 6) is -1.18. The molecule has 0 amide bonds. The van der Waals surface area contributed by atoms with Gasteiger partial charge in [-0.3, -0.25) is 0 Å². The number of hydrogen-bond acceptors (Lipinski definition) is 2. The molecule has 1 aromatic carbocycles. The maximum atomic E-state index is 13.5. The standard InChI is InChI=1S/C11H14F2N2/c12-8-6-9(13)11(10(14)7-8)15-4-2-1-3-5-15/h6-7H,1-5,14H2. The lowest BCUT2D eigenvalue weighted by Gasteiger charge is -2.30. The molecule has 1 aliphatic rings. The highest BCUT2D eigenvalue weighted by atomic mass is 19.1. The average molecular weight is 212 g/mol. The summed E-state index contributed by atoms with van der Waals surface area (Å²) in [7, 11) is 0. The van der Waals surface area contributed by atoms with Gasteiger partial charge in [-0.1, -0.05) is 0 Å². The van der Waals surface area contributed by atoms with Crippen molar-refractivity contribution in [1.82, 2.24) is 0 Å². The summed E-state index contributed by atoms with van der Waals surface area (Å²) in [6.45, 7) is 1.60. The number of benzene rings is 1. The number of nitrogens with zero attached hydrogens (tertiary/aromatic N) is 1. The van der Waals surface area contributed by atoms with Gasteiger partial charge in [-0.15, -0.1) is 0 Å². The molecule has 1 aliphatic heterocycles. The summed E-state index contributed by atoms with van der Waals surface area (Å²) in [5.41, 5.74) is 6.18. The fourth-order valence-electron chi connectivity index (χ4n) is 2.04. The van der Waals surface area contributed by atoms with E-state index in [9.17, 15) is 8.78 Å². The van der Waals surface area contributed by atoms with Crippen molar-refractivity contribution in [2.24, 2.45) is 0 Å². The lowest BCUT2D eigenvalue weighted by Crippen LogP contribution is -2.30. The molecule has 1 fully saturated rings. The molecular weight excluding hydrogens is 198 g/mol. The molecular formula is C11H14F2N2. The first-order chi connectivity index (χ1) is 7.18. The normalized spacial score (nSPS) is 16.8. The highest BCUT2D eigenvalue weighted by Crippen LogP contribution is 2.30. The number of hydrogen-bond donors (Lipinski definition) is 1. The van der Waals surface area contributed by atoms with Gasteiger partial charge >= 0.3 is 0 Å². The quantitative estimate of drug-likeness (QED) is 0.725. The minimum absolute atomic E-state index is 0.189. The Bertz CT molecular complexity index is 337. The van der Waals surface area contributed by atoms with Gasteiger partial charge in [0.15, 0.2) is 5.82 Å². The molecule has 0 aromatic heterocycles. The van der Waals surface area contributed by atoms with Crippen LogP contribution in [0.3, 0.4) is 0 Å². The Morgan fingerprint density at radius 3 is 2.33 bits per heavy atom. The van der Waals surface area contributed by atoms with E-state index >= 15 is 0 Å². The van der Waals surface area contributed by atoms with Gasteiger partial charge in [0.2, 0.25) is 0 Å². The summed E-state index contributed by atoms with van der Waals surface area (Å²) in [6.07, 6.45) is 3.24. The first kappa shape index (κ1) is 10.2. The van der Waals surface area contributed by atoms with Crippen molar-refractivity contribution in [2.75, 3.05) is 23.7 Å². The van der Waals surface area contributed by atoms with Gasteiger partial charge in [-0.2, -0.15) is 0 Å². The largest absolute Gasteiger partial charge is 0.397 e. The number of halogens is 2. The van der Waals surface area contributed by atoms with Crippen molar-refractivity contribution in [3.05, 3.63) is 23.8 Å². The third-order valence-corrected chi connectivity index (χ3v) is 2.73. The Morgan fingerprint density at radius 1 is 1.07 bits per heavy atom. The Kier molecular flexibility index (Phi) is 2.75. The Balaban J connectivity index is 2.33. The Labute approximate surface area is 87.7 Å². The van der Waals surface area contributed by atoms with Crippen LogP contribution in [-0.2, 0) is 0 Å². The van der Waals surface area contributed by atoms with Crippen LogP contribution in [0.2, 0.25) is 0 Å². The van der Waals surface area contributed by atoms with E-state index in [0.717, 1.165) is 32.0 Å². The second-order valence-electron chi connectivity index (χ2n) is 3.87. The van der Waals surface area contributed by atoms with Gasteiger partial charge in [0, 0.05) is 19.2 Å². The zero-order valence-electron chi connectivity index (χ0n) is 8.47. The lowest BCUT2D eigenvalue weighted by atomic mass is 10.1. The topological polar surface area (TPSA) is 29.3 Å². The predicted octanol–water partition coefficient (Wildman–Crippen LogP) is 2.54. The molecule has 0 bridgehead atoms. The van der Waals surface area contributed by atoms with Crippen molar-refractivity contribution >= 4 is 11.4 Å². The van der Waals surface area contributed by atoms with Crippen molar-refractivity contribution in [3.63, 3.8) is 0 Å². The van der Waals surface area contributed by atoms with E-state index in [0.29, 0.717) is 5.69 Å². The highest BCUT2D eigenvalue weighted by Gasteiger charge is 2.18. The molecule has 0 saturated carbocycles. The summed E-state index contributed by atoms with van der Waals surface area (Å²) in [4.78, 5) is 1.90. The number of nitrogens with two attached hydrogens (primary N) is 1. The number of piperidine rings is 1. The number of anilines is 2. The lowest BCUT2D eigenvalue weighted by molar-refractivity contribution is 0.548. The van der Waals surface area contributed by atoms with Gasteiger partial charge in [0.05, 0.1) is 11.4 Å². The van der Waals surface area contributed by atoms with Crippen molar-refractivity contribution in [1.29, 1.82) is 0 Å². The maximum Gasteiger partial charge on any atom is 0.151 e. The van der Waals surface area contributed by atoms with E-state index in [1.165, 1.54) is 12.5 Å². The van der Waals surface area contributed by atoms with Crippen LogP contribution in [0.25, 0.3) is 0 Å². The predicted molar refractivity (Wildman–Crippen MR) is 56.8 cm³/mol. The van der Waals surface area contributed by atoms with Gasteiger partial charge in [0.25, 0.3) is 0 Å². The van der Waals surface area contributed by atoms with Crippen molar-refractivity contribution in [3.8, 4) is 0 Å². The molecule has 0 atom stereocenters. The van der Waals surface area contributed by atoms with Crippen LogP contribution in [0.1, 0.15) is 19.3 Å². The molecule has 15 heavy (non-hydrogen) atoms. The number of nitrogen functional groups attached to an aromatic ring is 1. The SMILES string of the molecule is Nc1cc(F)cc(F)c1N1CCCCC1. The third-order valence-electron chi connectivity index (χ3n) is 2.73. The maximum absolute atomic E-state index is 13.5. The second-order valence-corrected chi connectivity index (χ2v) is 3.87. The van der Waals surface area contributed by atoms with Crippen LogP contribution in [-0.4, -0.2) is 13.1 Å². The van der Waals surface area contributed by atoms with E-state index in [4.69, 9.17) is 5.73 Å². The number of rotatable bonds is 1. The molecule has 2 nitrogen and oxygen atoms in total. The molecule has 0 aliphatic carbocycles. The van der Waals surface area contributed by atoms with E-state index in [2.05, 4.69) is 0 Å². The van der Waals surface area contributed by atoms with Crippen molar-refractivity contribution < 1.29 is 8.78 Å². The zero-order chi connectivity index (χ0) is 10.8. The molecule has 0 unspecified atom stereocenters. The minimum atomic E-state index is -0.620. The van der Waals surface area contributed by atoms with Gasteiger partial charge in [0.1, 0.15) is 5.82 Å². The molecule has 2 rings (SSSR count). The van der Waals surface area contributed by atoms with Crippen LogP contribution < -0.4 is 10.6 Å². The molecule has 82 valence electrons. The fraction of sp³-hybridized carbons (Fsp3) is 0.455. The van der Waals surface area contributed by atoms with Crippen LogP contribution in [0.5, 0.6) is 0 Å². The van der Waals surface area contributed by atoms with Crippen LogP contribution in [0, 0.1) is 11.6 Å². The average Bonchev–Trinajstić information content (AvgIpc) is 2.17. The van der Waals surface area contributed by atoms with Gasteiger partial charge in [-0.05, 0) is 25.3 Å². The zero-order valence-corrected chi connectivity index (χ0v) is 8.47. The monoisotopic (exact) mass is 212 g/mol. The molecule has 4 heteroatoms. The first-order valence-corrected chi connectivity index (χ1v) is 5.18. The molecule has 0 spiro atoms. The molecule has 1 saturated heterocycles. The van der Waals surface area contributed by atoms with E-state index in [-0.39, 0.29) is 5.69 Å². The smallest absolute Gasteiger partial charge is 0.151 e. The summed E-state index contributed by atoms with van der Waals surface area (Å²) < 4.78 is 26.4. The minimum Gasteiger partial charge on any atom is -0.397 e. The second kappa shape index (κ2) is 4.04.